The Morgan fingerprint density at radius 1 is 1.00 bits per heavy atom. The highest BCUT2D eigenvalue weighted by molar-refractivity contribution is 6.14. The Morgan fingerprint density at radius 3 is 2.24 bits per heavy atom. The number of carbonyl (C=O) groups is 3. The van der Waals surface area contributed by atoms with Crippen molar-refractivity contribution in [2.24, 2.45) is 5.41 Å². The predicted octanol–water partition coefficient (Wildman–Crippen LogP) is 4.42. The van der Waals surface area contributed by atoms with Crippen molar-refractivity contribution in [1.82, 2.24) is 10.2 Å². The molecular formula is C27H27F3N2O5. The van der Waals surface area contributed by atoms with Gasteiger partial charge in [0.2, 0.25) is 5.54 Å². The number of alkyl halides is 3. The van der Waals surface area contributed by atoms with Gasteiger partial charge in [-0.25, -0.2) is 0 Å². The molecule has 196 valence electrons. The van der Waals surface area contributed by atoms with E-state index in [-0.39, 0.29) is 36.4 Å². The SMILES string of the molecule is COc1ccc(CN2C(=O)[C@](NC(=O)c3cccc(OC)c3)(C(F)(F)F)C3=C2CC(C)(C)CC3=O)cc1. The van der Waals surface area contributed by atoms with Gasteiger partial charge in [0.05, 0.1) is 26.3 Å². The molecule has 2 amide bonds. The van der Waals surface area contributed by atoms with E-state index in [1.165, 1.54) is 38.5 Å². The summed E-state index contributed by atoms with van der Waals surface area (Å²) in [6.45, 7) is 3.30. The van der Waals surface area contributed by atoms with E-state index in [2.05, 4.69) is 0 Å². The van der Waals surface area contributed by atoms with E-state index in [0.29, 0.717) is 11.3 Å². The molecule has 1 N–H and O–H groups in total. The molecule has 1 heterocycles. The molecule has 0 saturated heterocycles. The van der Waals surface area contributed by atoms with Gasteiger partial charge >= 0.3 is 6.18 Å². The molecular weight excluding hydrogens is 489 g/mol. The first-order valence-electron chi connectivity index (χ1n) is 11.6. The average Bonchev–Trinajstić information content (AvgIpc) is 3.07. The topological polar surface area (TPSA) is 84.9 Å². The van der Waals surface area contributed by atoms with Crippen LogP contribution >= 0.6 is 0 Å². The van der Waals surface area contributed by atoms with Crippen LogP contribution in [-0.4, -0.2) is 48.4 Å². The quantitative estimate of drug-likeness (QED) is 0.615. The van der Waals surface area contributed by atoms with Crippen molar-refractivity contribution < 1.29 is 37.0 Å². The van der Waals surface area contributed by atoms with E-state index in [9.17, 15) is 27.6 Å². The van der Waals surface area contributed by atoms with Crippen molar-refractivity contribution in [2.45, 2.75) is 44.9 Å². The number of carbonyl (C=O) groups excluding carboxylic acids is 3. The van der Waals surface area contributed by atoms with Gasteiger partial charge in [0, 0.05) is 17.7 Å². The van der Waals surface area contributed by atoms with E-state index in [0.717, 1.165) is 4.90 Å². The predicted molar refractivity (Wildman–Crippen MR) is 128 cm³/mol. The van der Waals surface area contributed by atoms with Crippen molar-refractivity contribution >= 4 is 17.6 Å². The van der Waals surface area contributed by atoms with Gasteiger partial charge in [0.1, 0.15) is 11.5 Å². The number of hydrogen-bond acceptors (Lipinski definition) is 5. The minimum Gasteiger partial charge on any atom is -0.497 e. The first-order valence-corrected chi connectivity index (χ1v) is 11.6. The summed E-state index contributed by atoms with van der Waals surface area (Å²) in [5.41, 5.74) is -4.53. The van der Waals surface area contributed by atoms with Crippen LogP contribution in [0.15, 0.2) is 59.8 Å². The molecule has 0 bridgehead atoms. The van der Waals surface area contributed by atoms with Crippen molar-refractivity contribution in [3.63, 3.8) is 0 Å². The highest BCUT2D eigenvalue weighted by Crippen LogP contribution is 2.52. The van der Waals surface area contributed by atoms with Crippen LogP contribution < -0.4 is 14.8 Å². The zero-order valence-corrected chi connectivity index (χ0v) is 20.9. The summed E-state index contributed by atoms with van der Waals surface area (Å²) >= 11 is 0. The molecule has 0 radical (unpaired) electrons. The summed E-state index contributed by atoms with van der Waals surface area (Å²) in [5.74, 6) is -2.59. The third-order valence-corrected chi connectivity index (χ3v) is 6.68. The second kappa shape index (κ2) is 9.24. The third kappa shape index (κ3) is 4.56. The zero-order chi connectivity index (χ0) is 27.2. The summed E-state index contributed by atoms with van der Waals surface area (Å²) in [5, 5.41) is 1.93. The number of allylic oxidation sites excluding steroid dienone is 1. The Morgan fingerprint density at radius 2 is 1.65 bits per heavy atom. The Bertz CT molecular complexity index is 1280. The van der Waals surface area contributed by atoms with Gasteiger partial charge in [-0.05, 0) is 47.7 Å². The van der Waals surface area contributed by atoms with E-state index in [1.807, 2.05) is 5.32 Å². The van der Waals surface area contributed by atoms with Crippen molar-refractivity contribution in [2.75, 3.05) is 14.2 Å². The second-order valence-corrected chi connectivity index (χ2v) is 9.94. The largest absolute Gasteiger partial charge is 0.497 e. The number of Topliss-reactive ketones (excluding diaryl/α,β-unsaturated/α-hetero) is 1. The van der Waals surface area contributed by atoms with Crippen LogP contribution in [0.4, 0.5) is 13.2 Å². The maximum Gasteiger partial charge on any atom is 0.425 e. The van der Waals surface area contributed by atoms with E-state index < -0.39 is 40.3 Å². The van der Waals surface area contributed by atoms with E-state index in [4.69, 9.17) is 9.47 Å². The fourth-order valence-corrected chi connectivity index (χ4v) is 4.91. The normalized spacial score (nSPS) is 21.1. The number of rotatable bonds is 6. The van der Waals surface area contributed by atoms with Crippen LogP contribution in [0.1, 0.15) is 42.6 Å². The van der Waals surface area contributed by atoms with Gasteiger partial charge in [0.15, 0.2) is 5.78 Å². The number of ketones is 1. The number of halogens is 3. The second-order valence-electron chi connectivity index (χ2n) is 9.94. The van der Waals surface area contributed by atoms with Crippen LogP contribution in [0.5, 0.6) is 11.5 Å². The number of ether oxygens (including phenoxy) is 2. The number of hydrogen-bond donors (Lipinski definition) is 1. The smallest absolute Gasteiger partial charge is 0.425 e. The van der Waals surface area contributed by atoms with Crippen molar-refractivity contribution in [3.8, 4) is 11.5 Å². The van der Waals surface area contributed by atoms with Crippen molar-refractivity contribution in [1.29, 1.82) is 0 Å². The van der Waals surface area contributed by atoms with Crippen LogP contribution in [-0.2, 0) is 16.1 Å². The van der Waals surface area contributed by atoms with Gasteiger partial charge in [-0.2, -0.15) is 13.2 Å². The fourth-order valence-electron chi connectivity index (χ4n) is 4.91. The first kappa shape index (κ1) is 26.2. The maximum absolute atomic E-state index is 14.9. The molecule has 2 aromatic rings. The number of nitrogens with one attached hydrogen (secondary N) is 1. The Labute approximate surface area is 212 Å². The summed E-state index contributed by atoms with van der Waals surface area (Å²) in [6, 6.07) is 12.0. The number of amides is 2. The zero-order valence-electron chi connectivity index (χ0n) is 20.9. The highest BCUT2D eigenvalue weighted by atomic mass is 19.4. The van der Waals surface area contributed by atoms with Crippen molar-refractivity contribution in [3.05, 3.63) is 70.9 Å². The monoisotopic (exact) mass is 516 g/mol. The highest BCUT2D eigenvalue weighted by Gasteiger charge is 2.71. The number of benzene rings is 2. The lowest BCUT2D eigenvalue weighted by atomic mass is 9.72. The molecule has 0 saturated carbocycles. The molecule has 0 unspecified atom stereocenters. The van der Waals surface area contributed by atoms with Gasteiger partial charge in [-0.3, -0.25) is 14.4 Å². The molecule has 2 aliphatic rings. The number of methoxy groups -OCH3 is 2. The molecule has 4 rings (SSSR count). The molecule has 0 spiro atoms. The molecule has 7 nitrogen and oxygen atoms in total. The average molecular weight is 517 g/mol. The molecule has 1 aliphatic carbocycles. The Hall–Kier alpha value is -3.82. The molecule has 0 aromatic heterocycles. The summed E-state index contributed by atoms with van der Waals surface area (Å²) < 4.78 is 55.0. The summed E-state index contributed by atoms with van der Waals surface area (Å²) in [4.78, 5) is 41.1. The van der Waals surface area contributed by atoms with Gasteiger partial charge < -0.3 is 19.7 Å². The Kier molecular flexibility index (Phi) is 6.56. The van der Waals surface area contributed by atoms with Gasteiger partial charge in [-0.1, -0.05) is 32.0 Å². The fraction of sp³-hybridized carbons (Fsp3) is 0.370. The van der Waals surface area contributed by atoms with Gasteiger partial charge in [-0.15, -0.1) is 0 Å². The van der Waals surface area contributed by atoms with Gasteiger partial charge in [0.25, 0.3) is 11.8 Å². The molecule has 0 fully saturated rings. The van der Waals surface area contributed by atoms with E-state index >= 15 is 0 Å². The summed E-state index contributed by atoms with van der Waals surface area (Å²) in [7, 11) is 2.83. The van der Waals surface area contributed by atoms with Crippen LogP contribution in [0, 0.1) is 5.41 Å². The molecule has 2 aromatic carbocycles. The lowest BCUT2D eigenvalue weighted by Gasteiger charge is -2.35. The molecule has 10 heteroatoms. The van der Waals surface area contributed by atoms with Crippen LogP contribution in [0.2, 0.25) is 0 Å². The maximum atomic E-state index is 14.9. The molecule has 1 aliphatic heterocycles. The minimum atomic E-state index is -5.29. The molecule has 1 atom stereocenters. The Balaban J connectivity index is 1.84. The molecule has 37 heavy (non-hydrogen) atoms. The standard InChI is InChI=1S/C27H27F3N2O5/c1-25(2)13-20-22(21(33)14-25)26(27(28,29)30,31-23(34)17-6-5-7-19(12-17)37-4)24(35)32(20)15-16-8-10-18(36-3)11-9-16/h5-12H,13-15H2,1-4H3,(H,31,34)/t26-/m0/s1. The lowest BCUT2D eigenvalue weighted by Crippen LogP contribution is -2.66. The minimum absolute atomic E-state index is 0.0228. The lowest BCUT2D eigenvalue weighted by molar-refractivity contribution is -0.190. The number of nitrogens with zero attached hydrogens (tertiary/aromatic N) is 1. The first-order chi connectivity index (χ1) is 17.3. The summed E-state index contributed by atoms with van der Waals surface area (Å²) in [6.07, 6.45) is -5.42. The van der Waals surface area contributed by atoms with E-state index in [1.54, 1.807) is 38.1 Å². The third-order valence-electron chi connectivity index (χ3n) is 6.68. The van der Waals surface area contributed by atoms with Crippen LogP contribution in [0.3, 0.4) is 0 Å². The van der Waals surface area contributed by atoms with Crippen LogP contribution in [0.25, 0.3) is 0 Å².